The Kier molecular flexibility index (Phi) is 6.31. The van der Waals surface area contributed by atoms with Gasteiger partial charge in [-0.1, -0.05) is 78.9 Å². The molecule has 2 aromatic heterocycles. The molecule has 0 fully saturated rings. The van der Waals surface area contributed by atoms with Crippen LogP contribution >= 0.6 is 22.7 Å². The molecule has 0 aliphatic heterocycles. The van der Waals surface area contributed by atoms with Gasteiger partial charge >= 0.3 is 0 Å². The first-order valence-electron chi connectivity index (χ1n) is 15.3. The molecule has 0 amide bonds. The molecule has 9 rings (SSSR count). The standard InChI is InChI=1S/C43H25NS2/c44-26-27-7-5-8-28(19-27)29-9-6-10-30(20-29)33-21-34(31-15-17-42-38(24-31)36-11-1-3-13-40(36)45-42)23-35(22-33)32-16-18-43-39(25-32)37-12-2-4-14-41(37)46-43/h1-25H. The number of hydrogen-bond acceptors (Lipinski definition) is 3. The summed E-state index contributed by atoms with van der Waals surface area (Å²) >= 11 is 3.70. The summed E-state index contributed by atoms with van der Waals surface area (Å²) in [7, 11) is 0. The van der Waals surface area contributed by atoms with Gasteiger partial charge in [0.25, 0.3) is 0 Å². The lowest BCUT2D eigenvalue weighted by Crippen LogP contribution is -1.87. The lowest BCUT2D eigenvalue weighted by Gasteiger charge is -2.13. The average molecular weight is 620 g/mol. The number of fused-ring (bicyclic) bond motifs is 6. The Morgan fingerprint density at radius 2 is 0.739 bits per heavy atom. The van der Waals surface area contributed by atoms with Crippen LogP contribution in [-0.4, -0.2) is 0 Å². The van der Waals surface area contributed by atoms with Gasteiger partial charge in [-0.3, -0.25) is 0 Å². The molecule has 9 aromatic rings. The van der Waals surface area contributed by atoms with Gasteiger partial charge in [0, 0.05) is 40.3 Å². The molecule has 0 unspecified atom stereocenters. The van der Waals surface area contributed by atoms with Crippen molar-refractivity contribution in [3.8, 4) is 50.6 Å². The molecule has 0 radical (unpaired) electrons. The van der Waals surface area contributed by atoms with Gasteiger partial charge in [-0.25, -0.2) is 0 Å². The van der Waals surface area contributed by atoms with Crippen LogP contribution < -0.4 is 0 Å². The highest BCUT2D eigenvalue weighted by Crippen LogP contribution is 2.41. The van der Waals surface area contributed by atoms with Crippen LogP contribution in [0.25, 0.3) is 84.9 Å². The first-order chi connectivity index (χ1) is 22.7. The Morgan fingerprint density at radius 1 is 0.326 bits per heavy atom. The second-order valence-electron chi connectivity index (χ2n) is 11.7. The fraction of sp³-hybridized carbons (Fsp3) is 0. The predicted octanol–water partition coefficient (Wildman–Crippen LogP) is 13.0. The van der Waals surface area contributed by atoms with E-state index in [9.17, 15) is 5.26 Å². The van der Waals surface area contributed by atoms with Crippen molar-refractivity contribution in [1.82, 2.24) is 0 Å². The normalized spacial score (nSPS) is 11.5. The van der Waals surface area contributed by atoms with Crippen molar-refractivity contribution < 1.29 is 0 Å². The SMILES string of the molecule is N#Cc1cccc(-c2cccc(-c3cc(-c4ccc5sc6ccccc6c5c4)cc(-c4ccc5sc6ccccc6c5c4)c3)c2)c1. The van der Waals surface area contributed by atoms with Gasteiger partial charge in [0.15, 0.2) is 0 Å². The highest BCUT2D eigenvalue weighted by molar-refractivity contribution is 7.26. The van der Waals surface area contributed by atoms with Crippen molar-refractivity contribution in [3.05, 3.63) is 157 Å². The molecule has 0 spiro atoms. The van der Waals surface area contributed by atoms with Crippen molar-refractivity contribution in [2.24, 2.45) is 0 Å². The van der Waals surface area contributed by atoms with Crippen LogP contribution in [0.15, 0.2) is 152 Å². The number of benzene rings is 7. The largest absolute Gasteiger partial charge is 0.192 e. The molecule has 0 aliphatic rings. The third kappa shape index (κ3) is 4.59. The number of hydrogen-bond donors (Lipinski definition) is 0. The van der Waals surface area contributed by atoms with Crippen molar-refractivity contribution in [1.29, 1.82) is 5.26 Å². The quantitative estimate of drug-likeness (QED) is 0.192. The maximum atomic E-state index is 9.49. The van der Waals surface area contributed by atoms with Gasteiger partial charge in [0.05, 0.1) is 11.6 Å². The van der Waals surface area contributed by atoms with Crippen LogP contribution in [-0.2, 0) is 0 Å². The summed E-state index contributed by atoms with van der Waals surface area (Å²) in [6.07, 6.45) is 0. The van der Waals surface area contributed by atoms with Gasteiger partial charge in [-0.15, -0.1) is 22.7 Å². The Hall–Kier alpha value is -5.53. The van der Waals surface area contributed by atoms with E-state index in [-0.39, 0.29) is 0 Å². The van der Waals surface area contributed by atoms with E-state index >= 15 is 0 Å². The summed E-state index contributed by atoms with van der Waals surface area (Å²) in [5.41, 5.74) is 9.91. The fourth-order valence-corrected chi connectivity index (χ4v) is 8.76. The van der Waals surface area contributed by atoms with Crippen LogP contribution in [0.1, 0.15) is 5.56 Å². The maximum Gasteiger partial charge on any atom is 0.0991 e. The predicted molar refractivity (Wildman–Crippen MR) is 199 cm³/mol. The minimum atomic E-state index is 0.667. The van der Waals surface area contributed by atoms with E-state index in [4.69, 9.17) is 0 Å². The van der Waals surface area contributed by atoms with E-state index < -0.39 is 0 Å². The molecule has 3 heteroatoms. The summed E-state index contributed by atoms with van der Waals surface area (Å²) in [4.78, 5) is 0. The van der Waals surface area contributed by atoms with Crippen LogP contribution in [0.2, 0.25) is 0 Å². The minimum absolute atomic E-state index is 0.667. The highest BCUT2D eigenvalue weighted by atomic mass is 32.1. The van der Waals surface area contributed by atoms with Gasteiger partial charge in [0.1, 0.15) is 0 Å². The minimum Gasteiger partial charge on any atom is -0.192 e. The van der Waals surface area contributed by atoms with Crippen molar-refractivity contribution >= 4 is 63.0 Å². The molecule has 0 atom stereocenters. The zero-order chi connectivity index (χ0) is 30.6. The van der Waals surface area contributed by atoms with E-state index in [0.717, 1.165) is 22.3 Å². The lowest BCUT2D eigenvalue weighted by molar-refractivity contribution is 1.48. The molecule has 0 N–H and O–H groups in total. The smallest absolute Gasteiger partial charge is 0.0991 e. The lowest BCUT2D eigenvalue weighted by atomic mass is 9.91. The number of thiophene rings is 2. The van der Waals surface area contributed by atoms with Gasteiger partial charge in [-0.2, -0.15) is 5.26 Å². The Morgan fingerprint density at radius 3 is 1.28 bits per heavy atom. The average Bonchev–Trinajstić information content (AvgIpc) is 3.69. The van der Waals surface area contributed by atoms with E-state index in [1.807, 2.05) is 40.9 Å². The topological polar surface area (TPSA) is 23.8 Å². The fourth-order valence-electron chi connectivity index (χ4n) is 6.59. The molecule has 214 valence electrons. The molecule has 0 saturated heterocycles. The zero-order valence-corrected chi connectivity index (χ0v) is 26.3. The van der Waals surface area contributed by atoms with Crippen molar-refractivity contribution in [3.63, 3.8) is 0 Å². The summed E-state index contributed by atoms with van der Waals surface area (Å²) in [5, 5.41) is 14.7. The maximum absolute atomic E-state index is 9.49. The number of nitrogens with zero attached hydrogens (tertiary/aromatic N) is 1. The molecular formula is C43H25NS2. The van der Waals surface area contributed by atoms with Gasteiger partial charge < -0.3 is 0 Å². The zero-order valence-electron chi connectivity index (χ0n) is 24.7. The summed E-state index contributed by atoms with van der Waals surface area (Å²) in [5.74, 6) is 0. The second-order valence-corrected chi connectivity index (χ2v) is 13.9. The van der Waals surface area contributed by atoms with Crippen LogP contribution in [0, 0.1) is 11.3 Å². The van der Waals surface area contributed by atoms with E-state index in [2.05, 4.69) is 140 Å². The molecule has 0 bridgehead atoms. The van der Waals surface area contributed by atoms with Gasteiger partial charge in [-0.05, 0) is 117 Å². The molecule has 46 heavy (non-hydrogen) atoms. The third-order valence-electron chi connectivity index (χ3n) is 8.87. The Balaban J connectivity index is 1.25. The van der Waals surface area contributed by atoms with E-state index in [1.54, 1.807) is 0 Å². The van der Waals surface area contributed by atoms with E-state index in [0.29, 0.717) is 5.56 Å². The first kappa shape index (κ1) is 26.8. The second kappa shape index (κ2) is 10.8. The van der Waals surface area contributed by atoms with Crippen LogP contribution in [0.4, 0.5) is 0 Å². The molecule has 0 saturated carbocycles. The molecule has 2 heterocycles. The Labute approximate surface area is 274 Å². The van der Waals surface area contributed by atoms with Crippen molar-refractivity contribution in [2.75, 3.05) is 0 Å². The highest BCUT2D eigenvalue weighted by Gasteiger charge is 2.13. The Bertz CT molecular complexity index is 2530. The summed E-state index contributed by atoms with van der Waals surface area (Å²) in [6, 6.07) is 56.9. The molecular weight excluding hydrogens is 595 g/mol. The molecule has 7 aromatic carbocycles. The monoisotopic (exact) mass is 619 g/mol. The number of rotatable bonds is 4. The van der Waals surface area contributed by atoms with E-state index in [1.165, 1.54) is 62.6 Å². The summed E-state index contributed by atoms with van der Waals surface area (Å²) < 4.78 is 5.25. The van der Waals surface area contributed by atoms with Crippen LogP contribution in [0.5, 0.6) is 0 Å². The first-order valence-corrected chi connectivity index (χ1v) is 16.9. The van der Waals surface area contributed by atoms with Gasteiger partial charge in [0.2, 0.25) is 0 Å². The molecule has 1 nitrogen and oxygen atoms in total. The number of nitriles is 1. The summed E-state index contributed by atoms with van der Waals surface area (Å²) in [6.45, 7) is 0. The molecule has 0 aliphatic carbocycles. The van der Waals surface area contributed by atoms with Crippen molar-refractivity contribution in [2.45, 2.75) is 0 Å². The van der Waals surface area contributed by atoms with Crippen LogP contribution in [0.3, 0.4) is 0 Å². The third-order valence-corrected chi connectivity index (χ3v) is 11.2.